The molecule has 10 heteroatoms. The first-order valence-electron chi connectivity index (χ1n) is 11.9. The fraction of sp³-hybridized carbons (Fsp3) is 0.138. The number of carbonyl (C=O) groups is 1. The van der Waals surface area contributed by atoms with Gasteiger partial charge in [0.15, 0.2) is 11.5 Å². The Kier molecular flexibility index (Phi) is 9.70. The van der Waals surface area contributed by atoms with Gasteiger partial charge in [-0.05, 0) is 79.2 Å². The Morgan fingerprint density at radius 3 is 2.54 bits per heavy atom. The second-order valence-corrected chi connectivity index (χ2v) is 9.95. The van der Waals surface area contributed by atoms with Gasteiger partial charge in [0.25, 0.3) is 5.22 Å². The summed E-state index contributed by atoms with van der Waals surface area (Å²) in [6, 6.07) is 17.9. The van der Waals surface area contributed by atoms with E-state index in [1.165, 1.54) is 6.08 Å². The summed E-state index contributed by atoms with van der Waals surface area (Å²) in [6.45, 7) is 6.33. The van der Waals surface area contributed by atoms with E-state index < -0.39 is 5.97 Å². The number of rotatable bonds is 12. The molecule has 4 aromatic rings. The Morgan fingerprint density at radius 2 is 1.85 bits per heavy atom. The van der Waals surface area contributed by atoms with Crippen molar-refractivity contribution in [1.82, 2.24) is 10.2 Å². The fourth-order valence-corrected chi connectivity index (χ4v) is 4.60. The van der Waals surface area contributed by atoms with Crippen LogP contribution in [-0.2, 0) is 17.8 Å². The first-order valence-corrected chi connectivity index (χ1v) is 13.4. The predicted octanol–water partition coefficient (Wildman–Crippen LogP) is 7.97. The molecule has 7 nitrogen and oxygen atoms in total. The van der Waals surface area contributed by atoms with E-state index in [0.29, 0.717) is 45.7 Å². The number of benzene rings is 3. The van der Waals surface area contributed by atoms with Crippen LogP contribution in [0.4, 0.5) is 0 Å². The van der Waals surface area contributed by atoms with Crippen molar-refractivity contribution in [2.24, 2.45) is 0 Å². The molecule has 0 aliphatic heterocycles. The summed E-state index contributed by atoms with van der Waals surface area (Å²) in [7, 11) is 0. The molecular formula is C29H24Cl2N2O5S. The summed E-state index contributed by atoms with van der Waals surface area (Å²) < 4.78 is 17.7. The Labute approximate surface area is 240 Å². The van der Waals surface area contributed by atoms with Crippen LogP contribution in [0.2, 0.25) is 10.0 Å². The molecular weight excluding hydrogens is 559 g/mol. The standard InChI is InChI=1S/C29H24Cl2N2O5S/c1-3-7-20-14-18(15-24(36-4-2)26(20)37-17-21-8-5-6-9-23(21)31)16-25(28(34)35)39-29-33-32-27(38-29)19-10-12-22(30)13-11-19/h3,5-6,8-16H,1,4,7,17H2,2H3,(H,34,35)/b25-16+. The van der Waals surface area contributed by atoms with Crippen LogP contribution < -0.4 is 9.47 Å². The SMILES string of the molecule is C=CCc1cc(/C=C(/Sc2nnc(-c3ccc(Cl)cc3)o2)C(=O)O)cc(OCC)c1OCc1ccccc1Cl. The van der Waals surface area contributed by atoms with Crippen molar-refractivity contribution in [3.05, 3.63) is 105 Å². The monoisotopic (exact) mass is 582 g/mol. The molecule has 200 valence electrons. The van der Waals surface area contributed by atoms with Gasteiger partial charge in [-0.1, -0.05) is 47.5 Å². The van der Waals surface area contributed by atoms with E-state index in [9.17, 15) is 9.90 Å². The highest BCUT2D eigenvalue weighted by molar-refractivity contribution is 8.03. The summed E-state index contributed by atoms with van der Waals surface area (Å²) >= 11 is 13.1. The zero-order valence-electron chi connectivity index (χ0n) is 20.9. The van der Waals surface area contributed by atoms with Gasteiger partial charge in [0.2, 0.25) is 5.89 Å². The number of aromatic nitrogens is 2. The van der Waals surface area contributed by atoms with E-state index in [4.69, 9.17) is 37.1 Å². The molecule has 0 aliphatic carbocycles. The number of aliphatic carboxylic acids is 1. The minimum absolute atomic E-state index is 0.0157. The number of thioether (sulfide) groups is 1. The normalized spacial score (nSPS) is 11.3. The van der Waals surface area contributed by atoms with Crippen LogP contribution in [-0.4, -0.2) is 27.9 Å². The third-order valence-corrected chi connectivity index (χ3v) is 6.82. The molecule has 0 radical (unpaired) electrons. The smallest absolute Gasteiger partial charge is 0.342 e. The first-order chi connectivity index (χ1) is 18.9. The molecule has 4 rings (SSSR count). The first kappa shape index (κ1) is 28.3. The zero-order valence-corrected chi connectivity index (χ0v) is 23.2. The molecule has 0 bridgehead atoms. The minimum Gasteiger partial charge on any atom is -0.490 e. The maximum atomic E-state index is 12.1. The number of carboxylic acids is 1. The van der Waals surface area contributed by atoms with Crippen molar-refractivity contribution in [2.45, 2.75) is 25.2 Å². The fourth-order valence-electron chi connectivity index (χ4n) is 3.61. The molecule has 0 amide bonds. The lowest BCUT2D eigenvalue weighted by Gasteiger charge is -2.17. The van der Waals surface area contributed by atoms with Crippen molar-refractivity contribution >= 4 is 47.0 Å². The summed E-state index contributed by atoms with van der Waals surface area (Å²) in [5.41, 5.74) is 2.88. The third kappa shape index (κ3) is 7.44. The Bertz CT molecular complexity index is 1500. The minimum atomic E-state index is -1.14. The van der Waals surface area contributed by atoms with Crippen LogP contribution in [0.25, 0.3) is 17.5 Å². The van der Waals surface area contributed by atoms with Crippen LogP contribution in [0.5, 0.6) is 11.5 Å². The number of carboxylic acid groups (broad SMARTS) is 1. The Morgan fingerprint density at radius 1 is 1.08 bits per heavy atom. The van der Waals surface area contributed by atoms with Gasteiger partial charge in [0.1, 0.15) is 11.5 Å². The largest absolute Gasteiger partial charge is 0.490 e. The average molecular weight is 583 g/mol. The van der Waals surface area contributed by atoms with Crippen molar-refractivity contribution in [1.29, 1.82) is 0 Å². The van der Waals surface area contributed by atoms with Gasteiger partial charge in [0.05, 0.1) is 6.61 Å². The highest BCUT2D eigenvalue weighted by atomic mass is 35.5. The van der Waals surface area contributed by atoms with E-state index in [2.05, 4.69) is 16.8 Å². The van der Waals surface area contributed by atoms with Crippen LogP contribution >= 0.6 is 35.0 Å². The van der Waals surface area contributed by atoms with Gasteiger partial charge in [-0.25, -0.2) is 4.79 Å². The van der Waals surface area contributed by atoms with E-state index in [1.54, 1.807) is 42.5 Å². The number of nitrogens with zero attached hydrogens (tertiary/aromatic N) is 2. The molecule has 1 aromatic heterocycles. The molecule has 3 aromatic carbocycles. The number of halogens is 2. The molecule has 0 unspecified atom stereocenters. The van der Waals surface area contributed by atoms with Crippen LogP contribution in [0.3, 0.4) is 0 Å². The van der Waals surface area contributed by atoms with E-state index in [-0.39, 0.29) is 22.6 Å². The predicted molar refractivity (Wildman–Crippen MR) is 154 cm³/mol. The lowest BCUT2D eigenvalue weighted by Crippen LogP contribution is -2.04. The number of allylic oxidation sites excluding steroid dienone is 1. The van der Waals surface area contributed by atoms with Gasteiger partial charge in [0, 0.05) is 26.7 Å². The third-order valence-electron chi connectivity index (χ3n) is 5.35. The topological polar surface area (TPSA) is 94.7 Å². The van der Waals surface area contributed by atoms with Gasteiger partial charge in [-0.15, -0.1) is 16.8 Å². The van der Waals surface area contributed by atoms with Crippen molar-refractivity contribution < 1.29 is 23.8 Å². The maximum Gasteiger partial charge on any atom is 0.342 e. The van der Waals surface area contributed by atoms with Crippen molar-refractivity contribution in [3.63, 3.8) is 0 Å². The quantitative estimate of drug-likeness (QED) is 0.102. The van der Waals surface area contributed by atoms with Gasteiger partial charge >= 0.3 is 5.97 Å². The molecule has 1 heterocycles. The maximum absolute atomic E-state index is 12.1. The molecule has 0 aliphatic rings. The van der Waals surface area contributed by atoms with Crippen LogP contribution in [0.15, 0.2) is 87.9 Å². The zero-order chi connectivity index (χ0) is 27.8. The lowest BCUT2D eigenvalue weighted by atomic mass is 10.0. The van der Waals surface area contributed by atoms with Crippen molar-refractivity contribution in [3.8, 4) is 23.0 Å². The number of hydrogen-bond donors (Lipinski definition) is 1. The molecule has 1 N–H and O–H groups in total. The number of hydrogen-bond acceptors (Lipinski definition) is 7. The average Bonchev–Trinajstić information content (AvgIpc) is 3.38. The second-order valence-electron chi connectivity index (χ2n) is 8.11. The molecule has 0 saturated carbocycles. The molecule has 0 atom stereocenters. The Balaban J connectivity index is 1.64. The molecule has 0 spiro atoms. The van der Waals surface area contributed by atoms with Crippen LogP contribution in [0.1, 0.15) is 23.6 Å². The van der Waals surface area contributed by atoms with E-state index >= 15 is 0 Å². The lowest BCUT2D eigenvalue weighted by molar-refractivity contribution is -0.131. The second kappa shape index (κ2) is 13.4. The highest BCUT2D eigenvalue weighted by Crippen LogP contribution is 2.37. The van der Waals surface area contributed by atoms with Crippen molar-refractivity contribution in [2.75, 3.05) is 6.61 Å². The summed E-state index contributed by atoms with van der Waals surface area (Å²) in [5.74, 6) is 0.134. The Hall–Kier alpha value is -3.72. The molecule has 39 heavy (non-hydrogen) atoms. The highest BCUT2D eigenvalue weighted by Gasteiger charge is 2.18. The van der Waals surface area contributed by atoms with E-state index in [0.717, 1.165) is 22.9 Å². The van der Waals surface area contributed by atoms with Gasteiger partial charge in [-0.2, -0.15) is 0 Å². The van der Waals surface area contributed by atoms with Gasteiger partial charge < -0.3 is 19.0 Å². The molecule has 0 saturated heterocycles. The van der Waals surface area contributed by atoms with E-state index in [1.807, 2.05) is 31.2 Å². The summed E-state index contributed by atoms with van der Waals surface area (Å²) in [4.78, 5) is 12.1. The summed E-state index contributed by atoms with van der Waals surface area (Å²) in [5, 5.41) is 19.2. The summed E-state index contributed by atoms with van der Waals surface area (Å²) in [6.07, 6.45) is 3.74. The van der Waals surface area contributed by atoms with Crippen LogP contribution in [0, 0.1) is 0 Å². The van der Waals surface area contributed by atoms with Gasteiger partial charge in [-0.3, -0.25) is 0 Å². The molecule has 0 fully saturated rings. The number of ether oxygens (including phenoxy) is 2.